The maximum atomic E-state index is 11.9. The van der Waals surface area contributed by atoms with E-state index in [0.717, 1.165) is 4.90 Å². The summed E-state index contributed by atoms with van der Waals surface area (Å²) >= 11 is 1.32. The molecule has 0 saturated heterocycles. The molecule has 0 radical (unpaired) electrons. The zero-order valence-electron chi connectivity index (χ0n) is 11.4. The molecular formula is C12H20N2O5S2. The van der Waals surface area contributed by atoms with E-state index in [-0.39, 0.29) is 11.5 Å². The molecule has 1 aromatic rings. The Morgan fingerprint density at radius 3 is 2.33 bits per heavy atom. The van der Waals surface area contributed by atoms with Gasteiger partial charge >= 0.3 is 0 Å². The molecule has 0 aliphatic rings. The van der Waals surface area contributed by atoms with E-state index in [1.54, 1.807) is 18.2 Å². The summed E-state index contributed by atoms with van der Waals surface area (Å²) in [6.07, 6.45) is 0. The van der Waals surface area contributed by atoms with Gasteiger partial charge in [-0.1, -0.05) is 6.07 Å². The van der Waals surface area contributed by atoms with E-state index in [9.17, 15) is 8.42 Å². The third kappa shape index (κ3) is 5.81. The summed E-state index contributed by atoms with van der Waals surface area (Å²) in [6, 6.07) is 7.07. The largest absolute Gasteiger partial charge is 0.399 e. The Bertz CT molecular complexity index is 538. The van der Waals surface area contributed by atoms with Gasteiger partial charge in [0.05, 0.1) is 25.6 Å². The quantitative estimate of drug-likeness (QED) is 0.288. The predicted octanol–water partition coefficient (Wildman–Crippen LogP) is -1.00. The lowest BCUT2D eigenvalue weighted by molar-refractivity contribution is 0.0582. The topological polar surface area (TPSA) is 133 Å². The Kier molecular flexibility index (Phi) is 6.91. The van der Waals surface area contributed by atoms with Crippen molar-refractivity contribution in [2.75, 3.05) is 37.1 Å². The average Bonchev–Trinajstić information content (AvgIpc) is 2.45. The summed E-state index contributed by atoms with van der Waals surface area (Å²) in [7, 11) is -3.74. The van der Waals surface area contributed by atoms with E-state index < -0.39 is 35.4 Å². The maximum Gasteiger partial charge on any atom is 0.213 e. The van der Waals surface area contributed by atoms with Crippen LogP contribution in [0.3, 0.4) is 0 Å². The number of aliphatic hydroxyl groups is 3. The van der Waals surface area contributed by atoms with E-state index in [1.165, 1.54) is 11.8 Å². The molecule has 0 bridgehead atoms. The van der Waals surface area contributed by atoms with Crippen molar-refractivity contribution in [2.24, 2.45) is 0 Å². The van der Waals surface area contributed by atoms with Crippen LogP contribution in [0.25, 0.3) is 0 Å². The second kappa shape index (κ2) is 7.97. The normalized spacial score (nSPS) is 12.5. The summed E-state index contributed by atoms with van der Waals surface area (Å²) in [5, 5.41) is 27.3. The highest BCUT2D eigenvalue weighted by atomic mass is 32.2. The first-order chi connectivity index (χ1) is 9.86. The lowest BCUT2D eigenvalue weighted by Gasteiger charge is -2.28. The Balaban J connectivity index is 2.57. The number of thioether (sulfide) groups is 1. The van der Waals surface area contributed by atoms with Gasteiger partial charge < -0.3 is 21.1 Å². The first-order valence-corrected chi connectivity index (χ1v) is 8.83. The molecule has 0 fully saturated rings. The van der Waals surface area contributed by atoms with E-state index in [2.05, 4.69) is 4.72 Å². The van der Waals surface area contributed by atoms with Crippen LogP contribution < -0.4 is 10.5 Å². The minimum atomic E-state index is -3.74. The van der Waals surface area contributed by atoms with E-state index in [4.69, 9.17) is 21.1 Å². The highest BCUT2D eigenvalue weighted by molar-refractivity contribution is 8.00. The number of nitrogens with two attached hydrogens (primary N) is 1. The maximum absolute atomic E-state index is 11.9. The molecule has 0 unspecified atom stereocenters. The van der Waals surface area contributed by atoms with Crippen LogP contribution in [-0.4, -0.2) is 60.6 Å². The van der Waals surface area contributed by atoms with Crippen molar-refractivity contribution >= 4 is 27.5 Å². The van der Waals surface area contributed by atoms with Crippen molar-refractivity contribution < 1.29 is 23.7 Å². The zero-order valence-corrected chi connectivity index (χ0v) is 13.0. The van der Waals surface area contributed by atoms with Gasteiger partial charge in [0.2, 0.25) is 10.0 Å². The van der Waals surface area contributed by atoms with Gasteiger partial charge in [0.25, 0.3) is 0 Å². The molecule has 0 amide bonds. The number of anilines is 1. The lowest BCUT2D eigenvalue weighted by Crippen LogP contribution is -2.57. The van der Waals surface area contributed by atoms with E-state index in [1.807, 2.05) is 6.07 Å². The third-order valence-electron chi connectivity index (χ3n) is 2.76. The molecule has 6 N–H and O–H groups in total. The van der Waals surface area contributed by atoms with Crippen LogP contribution in [0.1, 0.15) is 0 Å². The van der Waals surface area contributed by atoms with Gasteiger partial charge in [-0.15, -0.1) is 11.8 Å². The van der Waals surface area contributed by atoms with Crippen LogP contribution in [-0.2, 0) is 10.0 Å². The zero-order chi connectivity index (χ0) is 15.9. The van der Waals surface area contributed by atoms with Gasteiger partial charge in [-0.25, -0.2) is 13.1 Å². The fraction of sp³-hybridized carbons (Fsp3) is 0.500. The third-order valence-corrected chi connectivity index (χ3v) is 5.50. The van der Waals surface area contributed by atoms with E-state index in [0.29, 0.717) is 5.69 Å². The van der Waals surface area contributed by atoms with Crippen LogP contribution in [0, 0.1) is 0 Å². The number of hydrogen-bond donors (Lipinski definition) is 5. The number of aliphatic hydroxyl groups excluding tert-OH is 3. The van der Waals surface area contributed by atoms with Crippen LogP contribution in [0.2, 0.25) is 0 Å². The summed E-state index contributed by atoms with van der Waals surface area (Å²) < 4.78 is 25.9. The SMILES string of the molecule is Nc1cccc(SCCS(=O)(=O)NC(CO)(CO)CO)c1. The fourth-order valence-corrected chi connectivity index (χ4v) is 4.30. The number of rotatable bonds is 9. The first-order valence-electron chi connectivity index (χ1n) is 6.19. The van der Waals surface area contributed by atoms with Crippen LogP contribution in [0.4, 0.5) is 5.69 Å². The van der Waals surface area contributed by atoms with Gasteiger partial charge in [-0.3, -0.25) is 0 Å². The monoisotopic (exact) mass is 336 g/mol. The molecule has 0 spiro atoms. The minimum absolute atomic E-state index is 0.214. The van der Waals surface area contributed by atoms with Crippen molar-refractivity contribution in [1.29, 1.82) is 0 Å². The van der Waals surface area contributed by atoms with Gasteiger partial charge in [-0.2, -0.15) is 0 Å². The minimum Gasteiger partial charge on any atom is -0.399 e. The molecule has 0 aliphatic carbocycles. The molecule has 1 aromatic carbocycles. The molecule has 0 heterocycles. The van der Waals surface area contributed by atoms with Gasteiger partial charge in [0.1, 0.15) is 5.54 Å². The van der Waals surface area contributed by atoms with E-state index >= 15 is 0 Å². The molecule has 0 atom stereocenters. The van der Waals surface area contributed by atoms with Crippen molar-refractivity contribution in [2.45, 2.75) is 10.4 Å². The predicted molar refractivity (Wildman–Crippen MR) is 82.5 cm³/mol. The average molecular weight is 336 g/mol. The molecule has 0 aromatic heterocycles. The van der Waals surface area contributed by atoms with Gasteiger partial charge in [0.15, 0.2) is 0 Å². The van der Waals surface area contributed by atoms with Crippen molar-refractivity contribution in [3.8, 4) is 0 Å². The van der Waals surface area contributed by atoms with Crippen LogP contribution in [0.5, 0.6) is 0 Å². The Hall–Kier alpha value is -0.840. The standard InChI is InChI=1S/C12H20N2O5S2/c13-10-2-1-3-11(6-10)20-4-5-21(18,19)14-12(7-15,8-16)9-17/h1-3,6,14-17H,4-5,7-9,13H2. The molecular weight excluding hydrogens is 316 g/mol. The second-order valence-corrected chi connectivity index (χ2v) is 7.61. The highest BCUT2D eigenvalue weighted by Gasteiger charge is 2.32. The van der Waals surface area contributed by atoms with Crippen LogP contribution >= 0.6 is 11.8 Å². The highest BCUT2D eigenvalue weighted by Crippen LogP contribution is 2.20. The number of sulfonamides is 1. The summed E-state index contributed by atoms with van der Waals surface area (Å²) in [5.74, 6) is 0.0609. The van der Waals surface area contributed by atoms with Gasteiger partial charge in [-0.05, 0) is 18.2 Å². The van der Waals surface area contributed by atoms with Crippen molar-refractivity contribution in [3.05, 3.63) is 24.3 Å². The summed E-state index contributed by atoms with van der Waals surface area (Å²) in [6.45, 7) is -2.08. The smallest absolute Gasteiger partial charge is 0.213 e. The molecule has 0 saturated carbocycles. The Morgan fingerprint density at radius 1 is 1.19 bits per heavy atom. The Labute approximate surface area is 128 Å². The number of nitrogens with one attached hydrogen (secondary N) is 1. The number of nitrogen functional groups attached to an aromatic ring is 1. The molecule has 21 heavy (non-hydrogen) atoms. The van der Waals surface area contributed by atoms with Gasteiger partial charge in [0, 0.05) is 16.3 Å². The second-order valence-electron chi connectivity index (χ2n) is 4.60. The Morgan fingerprint density at radius 2 is 1.81 bits per heavy atom. The molecule has 120 valence electrons. The molecule has 1 rings (SSSR count). The number of benzene rings is 1. The number of hydrogen-bond acceptors (Lipinski definition) is 7. The van der Waals surface area contributed by atoms with Crippen LogP contribution in [0.15, 0.2) is 29.2 Å². The molecule has 0 aliphatic heterocycles. The van der Waals surface area contributed by atoms with Crippen molar-refractivity contribution in [1.82, 2.24) is 4.72 Å². The van der Waals surface area contributed by atoms with Crippen molar-refractivity contribution in [3.63, 3.8) is 0 Å². The lowest BCUT2D eigenvalue weighted by atomic mass is 10.1. The summed E-state index contributed by atoms with van der Waals surface area (Å²) in [5.41, 5.74) is 4.59. The molecule has 9 heteroatoms. The first kappa shape index (κ1) is 18.2. The summed E-state index contributed by atoms with van der Waals surface area (Å²) in [4.78, 5) is 0.850. The molecule has 7 nitrogen and oxygen atoms in total. The fourth-order valence-electron chi connectivity index (χ4n) is 1.50.